The summed E-state index contributed by atoms with van der Waals surface area (Å²) >= 11 is 0. The van der Waals surface area contributed by atoms with Crippen LogP contribution in [0.15, 0.2) is 36.8 Å². The van der Waals surface area contributed by atoms with Crippen LogP contribution in [0.1, 0.15) is 58.4 Å². The number of aryl methyl sites for hydroxylation is 1. The number of aromatic nitrogens is 5. The zero-order chi connectivity index (χ0) is 18.9. The lowest BCUT2D eigenvalue weighted by molar-refractivity contribution is 0.0703. The fourth-order valence-corrected chi connectivity index (χ4v) is 4.47. The summed E-state index contributed by atoms with van der Waals surface area (Å²) in [5.41, 5.74) is 3.96. The molecule has 3 aromatic heterocycles. The number of carbonyl (C=O) groups is 1. The van der Waals surface area contributed by atoms with Crippen LogP contribution in [0.25, 0.3) is 0 Å². The van der Waals surface area contributed by atoms with Gasteiger partial charge in [0, 0.05) is 48.9 Å². The molecule has 0 unspecified atom stereocenters. The van der Waals surface area contributed by atoms with Gasteiger partial charge in [0.05, 0.1) is 12.2 Å². The van der Waals surface area contributed by atoms with Gasteiger partial charge >= 0.3 is 0 Å². The summed E-state index contributed by atoms with van der Waals surface area (Å²) in [7, 11) is 0. The highest BCUT2D eigenvalue weighted by molar-refractivity contribution is 5.94. The second-order valence-corrected chi connectivity index (χ2v) is 7.68. The number of fused-ring (bicyclic) bond motifs is 1. The number of nitrogens with zero attached hydrogens (tertiary/aromatic N) is 5. The van der Waals surface area contributed by atoms with Crippen LogP contribution in [0.5, 0.6) is 0 Å². The molecular formula is C21H24N6O. The number of hydrogen-bond acceptors (Lipinski definition) is 4. The molecule has 5 rings (SSSR count). The van der Waals surface area contributed by atoms with Gasteiger partial charge in [-0.1, -0.05) is 6.07 Å². The number of pyridine rings is 1. The van der Waals surface area contributed by atoms with Gasteiger partial charge in [0.1, 0.15) is 5.82 Å². The maximum Gasteiger partial charge on any atom is 0.274 e. The number of hydrogen-bond donors (Lipinski definition) is 1. The molecule has 0 radical (unpaired) electrons. The number of aromatic amines is 1. The lowest BCUT2D eigenvalue weighted by Crippen LogP contribution is -2.39. The Morgan fingerprint density at radius 3 is 2.86 bits per heavy atom. The number of carbonyl (C=O) groups excluding carboxylic acids is 1. The zero-order valence-electron chi connectivity index (χ0n) is 15.8. The largest absolute Gasteiger partial charge is 0.337 e. The average molecular weight is 376 g/mol. The Labute approximate surface area is 163 Å². The summed E-state index contributed by atoms with van der Waals surface area (Å²) in [4.78, 5) is 23.9. The molecule has 1 amide bonds. The number of rotatable bonds is 4. The SMILES string of the molecule is O=C(c1n[nH]c2c1CCC2)N1CCC(c2nccn2Cc2ccccn2)CC1. The van der Waals surface area contributed by atoms with Crippen LogP contribution in [0.2, 0.25) is 0 Å². The molecule has 1 aliphatic heterocycles. The van der Waals surface area contributed by atoms with E-state index in [-0.39, 0.29) is 5.91 Å². The van der Waals surface area contributed by atoms with Crippen molar-refractivity contribution < 1.29 is 4.79 Å². The fourth-order valence-electron chi connectivity index (χ4n) is 4.47. The Morgan fingerprint density at radius 2 is 2.04 bits per heavy atom. The van der Waals surface area contributed by atoms with Gasteiger partial charge in [-0.05, 0) is 44.2 Å². The third-order valence-corrected chi connectivity index (χ3v) is 5.96. The van der Waals surface area contributed by atoms with Crippen molar-refractivity contribution in [3.63, 3.8) is 0 Å². The molecule has 1 fully saturated rings. The van der Waals surface area contributed by atoms with Crippen molar-refractivity contribution in [2.75, 3.05) is 13.1 Å². The van der Waals surface area contributed by atoms with E-state index in [0.717, 1.165) is 74.5 Å². The molecule has 2 aliphatic rings. The molecule has 7 heteroatoms. The molecule has 0 atom stereocenters. The molecule has 1 N–H and O–H groups in total. The molecule has 0 bridgehead atoms. The van der Waals surface area contributed by atoms with Gasteiger partial charge in [0.25, 0.3) is 5.91 Å². The first kappa shape index (κ1) is 17.2. The van der Waals surface area contributed by atoms with Crippen LogP contribution >= 0.6 is 0 Å². The summed E-state index contributed by atoms with van der Waals surface area (Å²) in [6, 6.07) is 5.97. The van der Waals surface area contributed by atoms with E-state index in [2.05, 4.69) is 24.7 Å². The minimum atomic E-state index is 0.0784. The molecule has 3 aromatic rings. The van der Waals surface area contributed by atoms with Gasteiger partial charge in [-0.2, -0.15) is 5.10 Å². The van der Waals surface area contributed by atoms with Gasteiger partial charge in [-0.3, -0.25) is 14.9 Å². The minimum Gasteiger partial charge on any atom is -0.337 e. The predicted octanol–water partition coefficient (Wildman–Crippen LogP) is 2.56. The molecule has 7 nitrogen and oxygen atoms in total. The van der Waals surface area contributed by atoms with Crippen molar-refractivity contribution in [3.05, 3.63) is 65.3 Å². The lowest BCUT2D eigenvalue weighted by Gasteiger charge is -2.31. The highest BCUT2D eigenvalue weighted by Gasteiger charge is 2.30. The number of amides is 1. The standard InChI is InChI=1S/C21H24N6O/c28-21(19-17-5-3-6-18(17)24-25-19)26-11-7-15(8-12-26)20-23-10-13-27(20)14-16-4-1-2-9-22-16/h1-2,4,9-10,13,15H,3,5-8,11-12,14H2,(H,24,25). The van der Waals surface area contributed by atoms with E-state index in [9.17, 15) is 4.79 Å². The quantitative estimate of drug-likeness (QED) is 0.759. The summed E-state index contributed by atoms with van der Waals surface area (Å²) in [5.74, 6) is 1.54. The highest BCUT2D eigenvalue weighted by Crippen LogP contribution is 2.29. The van der Waals surface area contributed by atoms with E-state index >= 15 is 0 Å². The van der Waals surface area contributed by atoms with E-state index < -0.39 is 0 Å². The number of imidazole rings is 1. The number of piperidine rings is 1. The van der Waals surface area contributed by atoms with Crippen molar-refractivity contribution in [2.24, 2.45) is 0 Å². The molecule has 28 heavy (non-hydrogen) atoms. The molecule has 1 aliphatic carbocycles. The summed E-state index contributed by atoms with van der Waals surface area (Å²) < 4.78 is 2.19. The lowest BCUT2D eigenvalue weighted by atomic mass is 9.95. The van der Waals surface area contributed by atoms with Crippen molar-refractivity contribution in [1.82, 2.24) is 29.6 Å². The molecule has 0 saturated carbocycles. The smallest absolute Gasteiger partial charge is 0.274 e. The van der Waals surface area contributed by atoms with Crippen molar-refractivity contribution in [2.45, 2.75) is 44.6 Å². The van der Waals surface area contributed by atoms with Gasteiger partial charge in [-0.15, -0.1) is 0 Å². The van der Waals surface area contributed by atoms with E-state index in [1.54, 1.807) is 0 Å². The second-order valence-electron chi connectivity index (χ2n) is 7.68. The fraction of sp³-hybridized carbons (Fsp3) is 0.429. The Morgan fingerprint density at radius 1 is 1.14 bits per heavy atom. The van der Waals surface area contributed by atoms with Crippen LogP contribution in [-0.2, 0) is 19.4 Å². The first-order valence-corrected chi connectivity index (χ1v) is 10.1. The monoisotopic (exact) mass is 376 g/mol. The van der Waals surface area contributed by atoms with Gasteiger partial charge in [0.15, 0.2) is 5.69 Å². The molecule has 1 saturated heterocycles. The van der Waals surface area contributed by atoms with Gasteiger partial charge < -0.3 is 9.47 Å². The zero-order valence-corrected chi connectivity index (χ0v) is 15.8. The van der Waals surface area contributed by atoms with Crippen LogP contribution in [0.4, 0.5) is 0 Å². The van der Waals surface area contributed by atoms with E-state index in [1.165, 1.54) is 0 Å². The topological polar surface area (TPSA) is 79.7 Å². The second kappa shape index (κ2) is 7.22. The van der Waals surface area contributed by atoms with E-state index in [1.807, 2.05) is 41.7 Å². The Hall–Kier alpha value is -2.96. The molecule has 0 aromatic carbocycles. The average Bonchev–Trinajstić information content (AvgIpc) is 3.46. The summed E-state index contributed by atoms with van der Waals surface area (Å²) in [6.07, 6.45) is 10.7. The van der Waals surface area contributed by atoms with Crippen molar-refractivity contribution in [1.29, 1.82) is 0 Å². The minimum absolute atomic E-state index is 0.0784. The number of likely N-dealkylation sites (tertiary alicyclic amines) is 1. The molecule has 144 valence electrons. The Kier molecular flexibility index (Phi) is 4.43. The number of nitrogens with one attached hydrogen (secondary N) is 1. The van der Waals surface area contributed by atoms with Crippen molar-refractivity contribution in [3.8, 4) is 0 Å². The first-order chi connectivity index (χ1) is 13.8. The normalized spacial score (nSPS) is 17.1. The Bertz CT molecular complexity index is 968. The van der Waals surface area contributed by atoms with E-state index in [0.29, 0.717) is 11.6 Å². The van der Waals surface area contributed by atoms with Crippen LogP contribution in [0.3, 0.4) is 0 Å². The van der Waals surface area contributed by atoms with Gasteiger partial charge in [-0.25, -0.2) is 4.98 Å². The molecule has 0 spiro atoms. The van der Waals surface area contributed by atoms with Crippen LogP contribution in [0, 0.1) is 0 Å². The van der Waals surface area contributed by atoms with Gasteiger partial charge in [0.2, 0.25) is 0 Å². The molecular weight excluding hydrogens is 352 g/mol. The van der Waals surface area contributed by atoms with Crippen LogP contribution in [-0.4, -0.2) is 48.6 Å². The third-order valence-electron chi connectivity index (χ3n) is 5.96. The first-order valence-electron chi connectivity index (χ1n) is 10.1. The number of H-pyrrole nitrogens is 1. The summed E-state index contributed by atoms with van der Waals surface area (Å²) in [6.45, 7) is 2.23. The summed E-state index contributed by atoms with van der Waals surface area (Å²) in [5, 5.41) is 7.35. The third kappa shape index (κ3) is 3.10. The highest BCUT2D eigenvalue weighted by atomic mass is 16.2. The van der Waals surface area contributed by atoms with Crippen molar-refractivity contribution >= 4 is 5.91 Å². The maximum atomic E-state index is 12.9. The molecule has 4 heterocycles. The van der Waals surface area contributed by atoms with E-state index in [4.69, 9.17) is 0 Å². The maximum absolute atomic E-state index is 12.9. The predicted molar refractivity (Wildman–Crippen MR) is 104 cm³/mol. The van der Waals surface area contributed by atoms with Crippen LogP contribution < -0.4 is 0 Å². The Balaban J connectivity index is 1.25.